The molecule has 2 aliphatic rings. The van der Waals surface area contributed by atoms with E-state index in [1.807, 2.05) is 6.92 Å². The minimum atomic E-state index is -0.465. The molecule has 0 aliphatic carbocycles. The van der Waals surface area contributed by atoms with Crippen molar-refractivity contribution < 1.29 is 28.4 Å². The van der Waals surface area contributed by atoms with Crippen molar-refractivity contribution in [1.29, 1.82) is 0 Å². The van der Waals surface area contributed by atoms with E-state index >= 15 is 0 Å². The number of rotatable bonds is 8. The van der Waals surface area contributed by atoms with E-state index in [2.05, 4.69) is 0 Å². The van der Waals surface area contributed by atoms with Crippen LogP contribution in [-0.2, 0) is 32.3 Å². The summed E-state index contributed by atoms with van der Waals surface area (Å²) >= 11 is 7.03. The predicted octanol–water partition coefficient (Wildman–Crippen LogP) is 4.72. The van der Waals surface area contributed by atoms with Crippen LogP contribution >= 0.6 is 24.0 Å². The van der Waals surface area contributed by atoms with Crippen LogP contribution in [0.3, 0.4) is 0 Å². The van der Waals surface area contributed by atoms with Gasteiger partial charge in [0.25, 0.3) is 11.6 Å². The maximum absolute atomic E-state index is 12.9. The second kappa shape index (κ2) is 9.82. The van der Waals surface area contributed by atoms with Crippen LogP contribution in [0.25, 0.3) is 6.08 Å². The fraction of sp³-hybridized carbons (Fsp3) is 0.261. The lowest BCUT2D eigenvalue weighted by Crippen LogP contribution is -2.51. The first-order chi connectivity index (χ1) is 16.3. The molecule has 3 heterocycles. The number of nitrogens with zero attached hydrogens (tertiary/aromatic N) is 2. The van der Waals surface area contributed by atoms with Gasteiger partial charge in [-0.15, -0.1) is 0 Å². The molecule has 1 saturated heterocycles. The topological polar surface area (TPSA) is 112 Å². The number of allylic oxidation sites excluding steroid dienone is 1. The van der Waals surface area contributed by atoms with Crippen LogP contribution in [0, 0.1) is 10.1 Å². The Morgan fingerprint density at radius 2 is 1.97 bits per heavy atom. The number of hydrogen-bond acceptors (Lipinski definition) is 9. The molecular weight excluding hydrogens is 480 g/mol. The number of nitro benzene ring substituents is 1. The quantitative estimate of drug-likeness (QED) is 0.127. The third-order valence-electron chi connectivity index (χ3n) is 5.15. The molecule has 0 N–H and O–H groups in total. The minimum absolute atomic E-state index is 0.00196. The average Bonchev–Trinajstić information content (AvgIpc) is 3.42. The molecular formula is C23H20N2O7S2. The van der Waals surface area contributed by atoms with Gasteiger partial charge in [-0.25, -0.2) is 0 Å². The van der Waals surface area contributed by atoms with Crippen LogP contribution in [0.1, 0.15) is 37.4 Å². The second-order valence-electron chi connectivity index (χ2n) is 7.45. The number of thiocarbonyl (C=S) groups is 1. The van der Waals surface area contributed by atoms with E-state index in [9.17, 15) is 19.7 Å². The first-order valence-electron chi connectivity index (χ1n) is 10.4. The fourth-order valence-electron chi connectivity index (χ4n) is 3.49. The molecule has 11 heteroatoms. The van der Waals surface area contributed by atoms with Crippen molar-refractivity contribution in [2.45, 2.75) is 38.9 Å². The molecule has 1 fully saturated rings. The molecule has 34 heavy (non-hydrogen) atoms. The second-order valence-corrected chi connectivity index (χ2v) is 9.00. The molecule has 9 nitrogen and oxygen atoms in total. The summed E-state index contributed by atoms with van der Waals surface area (Å²) in [5.74, 6) is 0.393. The Labute approximate surface area is 204 Å². The number of β-lactam (4-membered cyclic amide) rings is 1. The third-order valence-corrected chi connectivity index (χ3v) is 6.92. The van der Waals surface area contributed by atoms with Gasteiger partial charge < -0.3 is 13.9 Å². The van der Waals surface area contributed by atoms with Crippen LogP contribution in [0.2, 0.25) is 0 Å². The SMILES string of the molecule is CCC1=C(C(=S)OCc2ccc([N+](=O)[O-])cc2)N2C(=O)C(=Cc3ccc(COC(C)=O)o3)[C@H]2S1. The lowest BCUT2D eigenvalue weighted by atomic mass is 10.0. The molecule has 0 saturated carbocycles. The maximum Gasteiger partial charge on any atom is 0.303 e. The molecule has 2 aliphatic heterocycles. The average molecular weight is 501 g/mol. The number of furan rings is 1. The molecule has 0 spiro atoms. The summed E-state index contributed by atoms with van der Waals surface area (Å²) in [7, 11) is 0. The molecule has 4 rings (SSSR count). The maximum atomic E-state index is 12.9. The van der Waals surface area contributed by atoms with Crippen LogP contribution in [0.5, 0.6) is 0 Å². The summed E-state index contributed by atoms with van der Waals surface area (Å²) in [6.45, 7) is 3.47. The number of hydrogen-bond donors (Lipinski definition) is 0. The van der Waals surface area contributed by atoms with E-state index in [1.54, 1.807) is 35.2 Å². The Bertz CT molecular complexity index is 1230. The highest BCUT2D eigenvalue weighted by molar-refractivity contribution is 8.04. The Morgan fingerprint density at radius 1 is 1.24 bits per heavy atom. The third kappa shape index (κ3) is 4.75. The number of ether oxygens (including phenoxy) is 2. The van der Waals surface area contributed by atoms with Crippen LogP contribution in [0.4, 0.5) is 5.69 Å². The van der Waals surface area contributed by atoms with Gasteiger partial charge in [0.1, 0.15) is 35.8 Å². The van der Waals surface area contributed by atoms with Crippen molar-refractivity contribution in [1.82, 2.24) is 4.90 Å². The van der Waals surface area contributed by atoms with Crippen molar-refractivity contribution >= 4 is 52.7 Å². The number of carbonyl (C=O) groups excluding carboxylic acids is 2. The molecule has 1 atom stereocenters. The number of amides is 1. The largest absolute Gasteiger partial charge is 0.477 e. The summed E-state index contributed by atoms with van der Waals surface area (Å²) in [5, 5.41) is 10.8. The van der Waals surface area contributed by atoms with Gasteiger partial charge in [0.05, 0.1) is 10.5 Å². The summed E-state index contributed by atoms with van der Waals surface area (Å²) in [5.41, 5.74) is 1.90. The highest BCUT2D eigenvalue weighted by Gasteiger charge is 2.51. The van der Waals surface area contributed by atoms with E-state index in [0.29, 0.717) is 29.2 Å². The summed E-state index contributed by atoms with van der Waals surface area (Å²) in [6.07, 6.45) is 2.37. The van der Waals surface area contributed by atoms with Gasteiger partial charge in [-0.1, -0.05) is 18.7 Å². The summed E-state index contributed by atoms with van der Waals surface area (Å²) in [4.78, 5) is 36.8. The Kier molecular flexibility index (Phi) is 6.85. The minimum Gasteiger partial charge on any atom is -0.477 e. The summed E-state index contributed by atoms with van der Waals surface area (Å²) in [6, 6.07) is 9.44. The number of nitro groups is 1. The van der Waals surface area contributed by atoms with E-state index in [4.69, 9.17) is 26.1 Å². The zero-order chi connectivity index (χ0) is 24.4. The molecule has 1 aromatic carbocycles. The number of fused-ring (bicyclic) bond motifs is 1. The Balaban J connectivity index is 1.43. The molecule has 0 bridgehead atoms. The first-order valence-corrected chi connectivity index (χ1v) is 11.6. The van der Waals surface area contributed by atoms with Gasteiger partial charge >= 0.3 is 5.97 Å². The summed E-state index contributed by atoms with van der Waals surface area (Å²) < 4.78 is 16.3. The van der Waals surface area contributed by atoms with Gasteiger partial charge in [-0.2, -0.15) is 0 Å². The van der Waals surface area contributed by atoms with Crippen molar-refractivity contribution in [2.24, 2.45) is 0 Å². The monoisotopic (exact) mass is 500 g/mol. The Hall–Kier alpha value is -3.44. The van der Waals surface area contributed by atoms with Crippen LogP contribution in [0.15, 0.2) is 57.0 Å². The van der Waals surface area contributed by atoms with Gasteiger partial charge in [-0.05, 0) is 54.5 Å². The van der Waals surface area contributed by atoms with Gasteiger partial charge in [0, 0.05) is 24.0 Å². The molecule has 1 amide bonds. The van der Waals surface area contributed by atoms with Gasteiger partial charge in [-0.3, -0.25) is 24.6 Å². The van der Waals surface area contributed by atoms with E-state index < -0.39 is 10.9 Å². The van der Waals surface area contributed by atoms with E-state index in [0.717, 1.165) is 10.5 Å². The van der Waals surface area contributed by atoms with E-state index in [1.165, 1.54) is 30.8 Å². The zero-order valence-electron chi connectivity index (χ0n) is 18.3. The van der Waals surface area contributed by atoms with Crippen molar-refractivity contribution in [3.63, 3.8) is 0 Å². The fourth-order valence-corrected chi connectivity index (χ4v) is 5.17. The van der Waals surface area contributed by atoms with Crippen molar-refractivity contribution in [3.8, 4) is 0 Å². The number of non-ortho nitro benzene ring substituents is 1. The number of benzene rings is 1. The van der Waals surface area contributed by atoms with Crippen LogP contribution < -0.4 is 0 Å². The molecule has 176 valence electrons. The van der Waals surface area contributed by atoms with Gasteiger partial charge in [0.15, 0.2) is 0 Å². The van der Waals surface area contributed by atoms with E-state index in [-0.39, 0.29) is 35.2 Å². The standard InChI is InChI=1S/C23H20N2O7S2/c1-3-19-20(23(33)31-11-14-4-6-15(7-5-14)25(28)29)24-21(27)18(22(24)34-19)10-16-8-9-17(32-16)12-30-13(2)26/h4-10,22H,3,11-12H2,1-2H3/t22-/m1/s1. The zero-order valence-corrected chi connectivity index (χ0v) is 19.9. The number of thioether (sulfide) groups is 1. The van der Waals surface area contributed by atoms with Crippen molar-refractivity contribution in [3.05, 3.63) is 79.8 Å². The van der Waals surface area contributed by atoms with Crippen LogP contribution in [-0.4, -0.2) is 32.1 Å². The van der Waals surface area contributed by atoms with Crippen molar-refractivity contribution in [2.75, 3.05) is 0 Å². The molecule has 0 unspecified atom stereocenters. The number of esters is 1. The Morgan fingerprint density at radius 3 is 2.62 bits per heavy atom. The number of carbonyl (C=O) groups is 2. The smallest absolute Gasteiger partial charge is 0.303 e. The first kappa shape index (κ1) is 23.7. The predicted molar refractivity (Wildman–Crippen MR) is 128 cm³/mol. The molecule has 1 aromatic heterocycles. The highest BCUT2D eigenvalue weighted by atomic mass is 32.2. The normalized spacial score (nSPS) is 18.1. The lowest BCUT2D eigenvalue weighted by Gasteiger charge is -2.37. The highest BCUT2D eigenvalue weighted by Crippen LogP contribution is 2.51. The van der Waals surface area contributed by atoms with Gasteiger partial charge in [0.2, 0.25) is 5.05 Å². The lowest BCUT2D eigenvalue weighted by molar-refractivity contribution is -0.384. The molecule has 2 aromatic rings. The molecule has 0 radical (unpaired) electrons.